The molecule has 0 fully saturated rings. The van der Waals surface area contributed by atoms with Gasteiger partial charge >= 0.3 is 29.6 Å². The molecule has 0 aromatic carbocycles. The van der Waals surface area contributed by atoms with Gasteiger partial charge in [-0.2, -0.15) is 0 Å². The van der Waals surface area contributed by atoms with Crippen LogP contribution in [-0.4, -0.2) is 21.9 Å². The molecule has 8 N–H and O–H groups in total. The smallest absolute Gasteiger partial charge is 1.00 e. The maximum atomic E-state index is 0. The van der Waals surface area contributed by atoms with E-state index in [2.05, 4.69) is 0 Å². The molecule has 0 aromatic heterocycles. The molecule has 0 unspecified atom stereocenters. The van der Waals surface area contributed by atoms with Gasteiger partial charge in [-0.05, 0) is 0 Å². The van der Waals surface area contributed by atoms with E-state index in [0.717, 1.165) is 0 Å². The molecule has 0 rings (SSSR count). The molecule has 0 spiro atoms. The van der Waals surface area contributed by atoms with Gasteiger partial charge in [0.15, 0.2) is 0 Å². The molecule has 0 aliphatic heterocycles. The van der Waals surface area contributed by atoms with Crippen LogP contribution in [0.1, 0.15) is 1.43 Å². The van der Waals surface area contributed by atoms with Gasteiger partial charge in [0.1, 0.15) is 0 Å². The van der Waals surface area contributed by atoms with Crippen LogP contribution >= 0.6 is 0 Å². The zero-order valence-electron chi connectivity index (χ0n) is 4.32. The molecule has 0 heterocycles. The van der Waals surface area contributed by atoms with E-state index in [9.17, 15) is 0 Å². The standard InChI is InChI=1S/Na.4H2O.Pd.H/h;4*1H2;;/q+1;;;;;;-1. The fraction of sp³-hybridized carbons (Fsp3) is 0. The summed E-state index contributed by atoms with van der Waals surface area (Å²) in [6, 6.07) is 0. The van der Waals surface area contributed by atoms with E-state index in [1.807, 2.05) is 0 Å². The Morgan fingerprint density at radius 3 is 0.667 bits per heavy atom. The summed E-state index contributed by atoms with van der Waals surface area (Å²) in [4.78, 5) is 0. The van der Waals surface area contributed by atoms with Crippen LogP contribution in [-0.2, 0) is 20.4 Å². The van der Waals surface area contributed by atoms with Gasteiger partial charge in [-0.1, -0.05) is 0 Å². The van der Waals surface area contributed by atoms with Crippen molar-refractivity contribution in [3.8, 4) is 0 Å². The van der Waals surface area contributed by atoms with Gasteiger partial charge in [0.2, 0.25) is 0 Å². The first kappa shape index (κ1) is 141. The predicted octanol–water partition coefficient (Wildman–Crippen LogP) is -6.18. The minimum absolute atomic E-state index is 0. The second kappa shape index (κ2) is 87.2. The van der Waals surface area contributed by atoms with Gasteiger partial charge in [0.25, 0.3) is 0 Å². The van der Waals surface area contributed by atoms with Crippen LogP contribution in [0.3, 0.4) is 0 Å². The summed E-state index contributed by atoms with van der Waals surface area (Å²) < 4.78 is 0. The summed E-state index contributed by atoms with van der Waals surface area (Å²) in [5, 5.41) is 0. The van der Waals surface area contributed by atoms with Crippen molar-refractivity contribution < 1.29 is 73.3 Å². The Morgan fingerprint density at radius 2 is 0.667 bits per heavy atom. The summed E-state index contributed by atoms with van der Waals surface area (Å²) >= 11 is 0. The van der Waals surface area contributed by atoms with E-state index in [-0.39, 0.29) is 73.3 Å². The predicted molar refractivity (Wildman–Crippen MR) is 15.6 cm³/mol. The third-order valence-corrected chi connectivity index (χ3v) is 0. The fourth-order valence-electron chi connectivity index (χ4n) is 0. The van der Waals surface area contributed by atoms with Crippen molar-refractivity contribution in [3.05, 3.63) is 0 Å². The molecule has 6 heteroatoms. The Morgan fingerprint density at radius 1 is 0.667 bits per heavy atom. The molecule has 6 heavy (non-hydrogen) atoms. The van der Waals surface area contributed by atoms with E-state index in [1.54, 1.807) is 0 Å². The normalized spacial score (nSPS) is 0. The SMILES string of the molecule is O.O.O.O.[H-].[Na+].[Pd]. The van der Waals surface area contributed by atoms with Crippen LogP contribution in [0.5, 0.6) is 0 Å². The molecule has 0 aliphatic rings. The maximum absolute atomic E-state index is 0. The quantitative estimate of drug-likeness (QED) is 0.347. The monoisotopic (exact) mass is 202 g/mol. The molecule has 0 bridgehead atoms. The van der Waals surface area contributed by atoms with Crippen molar-refractivity contribution in [2.45, 2.75) is 0 Å². The number of hydrogen-bond acceptors (Lipinski definition) is 0. The number of hydrogen-bond donors (Lipinski definition) is 0. The molecular formula is H9NaO4Pd. The van der Waals surface area contributed by atoms with E-state index in [0.29, 0.717) is 0 Å². The topological polar surface area (TPSA) is 126 Å². The van der Waals surface area contributed by atoms with Crippen LogP contribution in [0.15, 0.2) is 0 Å². The molecule has 4 nitrogen and oxygen atoms in total. The van der Waals surface area contributed by atoms with Crippen molar-refractivity contribution in [2.24, 2.45) is 0 Å². The van der Waals surface area contributed by atoms with Crippen LogP contribution in [0.2, 0.25) is 0 Å². The first-order chi connectivity index (χ1) is 0. The largest absolute Gasteiger partial charge is 1.00 e. The maximum Gasteiger partial charge on any atom is 1.00 e. The second-order valence-corrected chi connectivity index (χ2v) is 0. The minimum Gasteiger partial charge on any atom is -1.00 e. The Bertz CT molecular complexity index is 11.7. The molecule has 0 aliphatic carbocycles. The van der Waals surface area contributed by atoms with Gasteiger partial charge in [-0.3, -0.25) is 0 Å². The average molecular weight is 202 g/mol. The summed E-state index contributed by atoms with van der Waals surface area (Å²) in [5.74, 6) is 0. The Kier molecular flexibility index (Phi) is 2040. The van der Waals surface area contributed by atoms with Crippen molar-refractivity contribution in [2.75, 3.05) is 0 Å². The first-order valence-corrected chi connectivity index (χ1v) is 0. The van der Waals surface area contributed by atoms with Crippen LogP contribution in [0, 0.1) is 0 Å². The molecule has 44 valence electrons. The second-order valence-electron chi connectivity index (χ2n) is 0. The zero-order valence-corrected chi connectivity index (χ0v) is 6.87. The van der Waals surface area contributed by atoms with E-state index < -0.39 is 0 Å². The molecule has 0 radical (unpaired) electrons. The first-order valence-electron chi connectivity index (χ1n) is 0. The third-order valence-electron chi connectivity index (χ3n) is 0. The van der Waals surface area contributed by atoms with Crippen molar-refractivity contribution in [1.82, 2.24) is 0 Å². The summed E-state index contributed by atoms with van der Waals surface area (Å²) in [6.07, 6.45) is 0. The van der Waals surface area contributed by atoms with Crippen LogP contribution in [0.25, 0.3) is 0 Å². The Balaban J connectivity index is 0. The summed E-state index contributed by atoms with van der Waals surface area (Å²) in [6.45, 7) is 0. The van der Waals surface area contributed by atoms with Gasteiger partial charge in [-0.15, -0.1) is 0 Å². The molecular weight excluding hydrogens is 193 g/mol. The van der Waals surface area contributed by atoms with E-state index >= 15 is 0 Å². The Labute approximate surface area is 73.0 Å². The molecule has 0 amide bonds. The summed E-state index contributed by atoms with van der Waals surface area (Å²) in [7, 11) is 0. The van der Waals surface area contributed by atoms with Gasteiger partial charge in [-0.25, -0.2) is 0 Å². The van der Waals surface area contributed by atoms with Crippen LogP contribution < -0.4 is 29.6 Å². The molecule has 0 aromatic rings. The van der Waals surface area contributed by atoms with E-state index in [4.69, 9.17) is 0 Å². The molecule has 0 saturated heterocycles. The third kappa shape index (κ3) is 49.4. The average Bonchev–Trinajstić information content (AvgIpc) is 0. The van der Waals surface area contributed by atoms with E-state index in [1.165, 1.54) is 0 Å². The zero-order chi connectivity index (χ0) is 0. The Hall–Kier alpha value is 1.50. The minimum atomic E-state index is 0. The van der Waals surface area contributed by atoms with Crippen molar-refractivity contribution in [3.63, 3.8) is 0 Å². The molecule has 0 atom stereocenters. The summed E-state index contributed by atoms with van der Waals surface area (Å²) in [5.41, 5.74) is 0. The fourth-order valence-corrected chi connectivity index (χ4v) is 0. The van der Waals surface area contributed by atoms with Gasteiger partial charge in [0.05, 0.1) is 0 Å². The van der Waals surface area contributed by atoms with Crippen molar-refractivity contribution >= 4 is 0 Å². The van der Waals surface area contributed by atoms with Gasteiger partial charge < -0.3 is 23.3 Å². The molecule has 0 saturated carbocycles. The van der Waals surface area contributed by atoms with Crippen molar-refractivity contribution in [1.29, 1.82) is 0 Å². The van der Waals surface area contributed by atoms with Gasteiger partial charge in [0, 0.05) is 20.4 Å². The van der Waals surface area contributed by atoms with Crippen LogP contribution in [0.4, 0.5) is 0 Å². The number of rotatable bonds is 0.